The van der Waals surface area contributed by atoms with Crippen LogP contribution >= 0.6 is 11.6 Å². The lowest BCUT2D eigenvalue weighted by Gasteiger charge is -2.08. The van der Waals surface area contributed by atoms with Crippen LogP contribution in [0.4, 0.5) is 5.69 Å². The molecule has 0 saturated carbocycles. The number of benzene rings is 3. The van der Waals surface area contributed by atoms with E-state index in [0.29, 0.717) is 21.7 Å². The molecule has 0 spiro atoms. The average Bonchev–Trinajstić information content (AvgIpc) is 2.80. The second-order valence-corrected chi connectivity index (χ2v) is 9.51. The maximum atomic E-state index is 13.0. The molecule has 1 aromatic heterocycles. The van der Waals surface area contributed by atoms with Gasteiger partial charge in [-0.1, -0.05) is 35.9 Å². The third kappa shape index (κ3) is 5.08. The van der Waals surface area contributed by atoms with Crippen molar-refractivity contribution in [2.24, 2.45) is 5.10 Å². The van der Waals surface area contributed by atoms with Gasteiger partial charge in [0.2, 0.25) is 5.55 Å². The molecule has 0 fully saturated rings. The van der Waals surface area contributed by atoms with Crippen LogP contribution in [-0.4, -0.2) is 14.3 Å². The van der Waals surface area contributed by atoms with Gasteiger partial charge in [-0.2, -0.15) is 13.2 Å². The molecule has 4 aromatic rings. The standard InChI is InChI=1S/C24H20ClN3O4S/c1-15-7-12-20(13-16(15)2)33(30,31)28-27-24-21(14-17-5-3-4-6-22(17)32-24)23(29)26-19-10-8-18(25)9-11-19/h3-14,28H,1-2H3,(H,26,29)/b27-24-. The number of amides is 1. The molecule has 0 atom stereocenters. The number of hydrogen-bond acceptors (Lipinski definition) is 5. The van der Waals surface area contributed by atoms with Gasteiger partial charge >= 0.3 is 0 Å². The van der Waals surface area contributed by atoms with E-state index in [4.69, 9.17) is 16.0 Å². The molecule has 0 unspecified atom stereocenters. The first-order valence-corrected chi connectivity index (χ1v) is 11.8. The van der Waals surface area contributed by atoms with Crippen LogP contribution in [0.5, 0.6) is 0 Å². The van der Waals surface area contributed by atoms with Crippen LogP contribution in [-0.2, 0) is 10.0 Å². The first kappa shape index (κ1) is 22.6. The highest BCUT2D eigenvalue weighted by atomic mass is 35.5. The molecule has 2 N–H and O–H groups in total. The molecule has 0 radical (unpaired) electrons. The summed E-state index contributed by atoms with van der Waals surface area (Å²) < 4.78 is 31.3. The molecule has 0 aliphatic carbocycles. The zero-order valence-electron chi connectivity index (χ0n) is 17.8. The minimum absolute atomic E-state index is 0.0577. The molecule has 3 aromatic carbocycles. The van der Waals surface area contributed by atoms with Gasteiger partial charge < -0.3 is 9.73 Å². The van der Waals surface area contributed by atoms with Gasteiger partial charge in [-0.25, -0.2) is 0 Å². The fourth-order valence-electron chi connectivity index (χ4n) is 3.08. The minimum Gasteiger partial charge on any atom is -0.436 e. The summed E-state index contributed by atoms with van der Waals surface area (Å²) in [7, 11) is -3.98. The molecule has 168 valence electrons. The Bertz CT molecular complexity index is 1530. The van der Waals surface area contributed by atoms with Crippen molar-refractivity contribution in [2.75, 3.05) is 5.32 Å². The van der Waals surface area contributed by atoms with Crippen molar-refractivity contribution in [1.29, 1.82) is 0 Å². The molecule has 7 nitrogen and oxygen atoms in total. The number of nitrogens with one attached hydrogen (secondary N) is 2. The van der Waals surface area contributed by atoms with E-state index in [1.807, 2.05) is 13.8 Å². The van der Waals surface area contributed by atoms with Crippen molar-refractivity contribution in [3.05, 3.63) is 100 Å². The number of sulfonamides is 1. The van der Waals surface area contributed by atoms with E-state index in [0.717, 1.165) is 11.1 Å². The summed E-state index contributed by atoms with van der Waals surface area (Å²) in [4.78, 5) is 15.2. The predicted molar refractivity (Wildman–Crippen MR) is 127 cm³/mol. The molecule has 9 heteroatoms. The number of carbonyl (C=O) groups excluding carboxylic acids is 1. The van der Waals surface area contributed by atoms with E-state index in [1.165, 1.54) is 6.07 Å². The number of aryl methyl sites for hydroxylation is 2. The van der Waals surface area contributed by atoms with Gasteiger partial charge in [0.15, 0.2) is 0 Å². The summed E-state index contributed by atoms with van der Waals surface area (Å²) in [5.74, 6) is -0.518. The van der Waals surface area contributed by atoms with Gasteiger partial charge in [-0.15, -0.1) is 5.10 Å². The quantitative estimate of drug-likeness (QED) is 0.402. The summed E-state index contributed by atoms with van der Waals surface area (Å²) in [6.45, 7) is 3.71. The number of fused-ring (bicyclic) bond motifs is 1. The van der Waals surface area contributed by atoms with E-state index in [2.05, 4.69) is 15.2 Å². The Hall–Kier alpha value is -3.62. The molecular weight excluding hydrogens is 462 g/mol. The fourth-order valence-corrected chi connectivity index (χ4v) is 4.10. The number of anilines is 1. The van der Waals surface area contributed by atoms with Gasteiger partial charge in [0, 0.05) is 16.1 Å². The Morgan fingerprint density at radius 1 is 0.939 bits per heavy atom. The van der Waals surface area contributed by atoms with Crippen LogP contribution in [0.2, 0.25) is 5.02 Å². The third-order valence-electron chi connectivity index (χ3n) is 5.06. The first-order valence-electron chi connectivity index (χ1n) is 9.95. The van der Waals surface area contributed by atoms with Crippen LogP contribution in [0, 0.1) is 13.8 Å². The lowest BCUT2D eigenvalue weighted by atomic mass is 10.1. The molecule has 0 aliphatic rings. The Morgan fingerprint density at radius 2 is 1.67 bits per heavy atom. The van der Waals surface area contributed by atoms with Crippen molar-refractivity contribution in [3.63, 3.8) is 0 Å². The highest BCUT2D eigenvalue weighted by molar-refractivity contribution is 7.89. The normalized spacial score (nSPS) is 12.0. The number of rotatable bonds is 5. The maximum Gasteiger partial charge on any atom is 0.276 e. The second-order valence-electron chi connectivity index (χ2n) is 7.42. The first-order chi connectivity index (χ1) is 15.7. The minimum atomic E-state index is -3.98. The van der Waals surface area contributed by atoms with Gasteiger partial charge in [-0.3, -0.25) is 4.79 Å². The van der Waals surface area contributed by atoms with E-state index in [9.17, 15) is 13.2 Å². The van der Waals surface area contributed by atoms with Crippen LogP contribution in [0.3, 0.4) is 0 Å². The van der Waals surface area contributed by atoms with Crippen molar-refractivity contribution >= 4 is 44.2 Å². The Morgan fingerprint density at radius 3 is 2.39 bits per heavy atom. The Balaban J connectivity index is 1.75. The van der Waals surface area contributed by atoms with Crippen LogP contribution < -0.4 is 15.7 Å². The second kappa shape index (κ2) is 9.09. The molecule has 33 heavy (non-hydrogen) atoms. The van der Waals surface area contributed by atoms with Gasteiger partial charge in [0.25, 0.3) is 15.9 Å². The van der Waals surface area contributed by atoms with Crippen molar-refractivity contribution in [1.82, 2.24) is 4.83 Å². The monoisotopic (exact) mass is 481 g/mol. The Labute approximate surface area is 195 Å². The van der Waals surface area contributed by atoms with Crippen molar-refractivity contribution in [2.45, 2.75) is 18.7 Å². The molecule has 1 heterocycles. The smallest absolute Gasteiger partial charge is 0.276 e. The SMILES string of the molecule is Cc1ccc(S(=O)(=O)N/N=c2\oc3ccccc3cc2C(=O)Nc2ccc(Cl)cc2)cc1C. The predicted octanol–water partition coefficient (Wildman–Crippen LogP) is 4.75. The van der Waals surface area contributed by atoms with Gasteiger partial charge in [0.05, 0.1) is 4.90 Å². The van der Waals surface area contributed by atoms with Crippen molar-refractivity contribution in [3.8, 4) is 0 Å². The maximum absolute atomic E-state index is 13.0. The lowest BCUT2D eigenvalue weighted by Crippen LogP contribution is -2.27. The highest BCUT2D eigenvalue weighted by Gasteiger charge is 2.17. The average molecular weight is 482 g/mol. The van der Waals surface area contributed by atoms with Crippen molar-refractivity contribution < 1.29 is 17.6 Å². The van der Waals surface area contributed by atoms with E-state index in [-0.39, 0.29) is 16.0 Å². The van der Waals surface area contributed by atoms with Crippen LogP contribution in [0.25, 0.3) is 11.0 Å². The number of para-hydroxylation sites is 1. The molecule has 4 rings (SSSR count). The molecule has 1 amide bonds. The Kier molecular flexibility index (Phi) is 6.22. The zero-order chi connectivity index (χ0) is 23.6. The van der Waals surface area contributed by atoms with Crippen LogP contribution in [0.15, 0.2) is 87.2 Å². The number of halogens is 1. The molecule has 0 aliphatic heterocycles. The van der Waals surface area contributed by atoms with Crippen LogP contribution in [0.1, 0.15) is 21.5 Å². The molecular formula is C24H20ClN3O4S. The summed E-state index contributed by atoms with van der Waals surface area (Å²) in [5, 5.41) is 7.88. The largest absolute Gasteiger partial charge is 0.436 e. The molecule has 0 saturated heterocycles. The van der Waals surface area contributed by atoms with E-state index >= 15 is 0 Å². The van der Waals surface area contributed by atoms with Gasteiger partial charge in [0.1, 0.15) is 11.1 Å². The zero-order valence-corrected chi connectivity index (χ0v) is 19.4. The topological polar surface area (TPSA) is 101 Å². The number of nitrogens with zero attached hydrogens (tertiary/aromatic N) is 1. The van der Waals surface area contributed by atoms with E-state index < -0.39 is 15.9 Å². The third-order valence-corrected chi connectivity index (χ3v) is 6.52. The lowest BCUT2D eigenvalue weighted by molar-refractivity contribution is 0.102. The highest BCUT2D eigenvalue weighted by Crippen LogP contribution is 2.17. The van der Waals surface area contributed by atoms with E-state index in [1.54, 1.807) is 66.7 Å². The van der Waals surface area contributed by atoms with Gasteiger partial charge in [-0.05, 0) is 73.5 Å². The summed E-state index contributed by atoms with van der Waals surface area (Å²) >= 11 is 5.90. The fraction of sp³-hybridized carbons (Fsp3) is 0.0833. The molecule has 0 bridgehead atoms. The number of hydrogen-bond donors (Lipinski definition) is 2. The summed E-state index contributed by atoms with van der Waals surface area (Å²) in [6, 6.07) is 20.0. The summed E-state index contributed by atoms with van der Waals surface area (Å²) in [6.07, 6.45) is 0. The number of carbonyl (C=O) groups is 1. The summed E-state index contributed by atoms with van der Waals surface area (Å²) in [5.41, 5.74) is 2.65.